The smallest absolute Gasteiger partial charge is 0.410 e. The molecule has 1 atom stereocenters. The second-order valence-electron chi connectivity index (χ2n) is 4.27. The molecule has 0 aliphatic carbocycles. The minimum atomic E-state index is -0.661. The summed E-state index contributed by atoms with van der Waals surface area (Å²) >= 11 is 0. The minimum absolute atomic E-state index is 0.0794. The van der Waals surface area contributed by atoms with Crippen LogP contribution >= 0.6 is 0 Å². The summed E-state index contributed by atoms with van der Waals surface area (Å²) in [6.45, 7) is -0.202. The molecule has 0 aliphatic rings. The van der Waals surface area contributed by atoms with Gasteiger partial charge in [-0.15, -0.1) is 0 Å². The molecule has 1 amide bonds. The fraction of sp³-hybridized carbons (Fsp3) is 0.429. The molecule has 1 N–H and O–H groups in total. The number of hydrogen-bond acceptors (Lipinski definition) is 5. The Hall–Kier alpha value is -2.08. The van der Waals surface area contributed by atoms with Gasteiger partial charge in [0.1, 0.15) is 6.61 Å². The van der Waals surface area contributed by atoms with Crippen molar-refractivity contribution in [2.45, 2.75) is 19.1 Å². The number of carbonyl (C=O) groups is 2. The fourth-order valence-electron chi connectivity index (χ4n) is 1.57. The first-order chi connectivity index (χ1) is 9.58. The molecule has 1 unspecified atom stereocenters. The minimum Gasteiger partial charge on any atom is -0.469 e. The van der Waals surface area contributed by atoms with Gasteiger partial charge in [0.25, 0.3) is 0 Å². The average molecular weight is 281 g/mol. The predicted octanol–water partition coefficient (Wildman–Crippen LogP) is 1.18. The van der Waals surface area contributed by atoms with Gasteiger partial charge in [-0.05, 0) is 5.56 Å². The summed E-state index contributed by atoms with van der Waals surface area (Å²) in [6, 6.07) is 8.58. The molecule has 0 saturated heterocycles. The molecule has 1 aromatic rings. The summed E-state index contributed by atoms with van der Waals surface area (Å²) < 4.78 is 9.62. The quantitative estimate of drug-likeness (QED) is 0.792. The zero-order valence-electron chi connectivity index (χ0n) is 11.6. The van der Waals surface area contributed by atoms with Crippen LogP contribution in [0.2, 0.25) is 0 Å². The van der Waals surface area contributed by atoms with E-state index < -0.39 is 18.1 Å². The summed E-state index contributed by atoms with van der Waals surface area (Å²) in [4.78, 5) is 24.2. The number of aliphatic hydroxyl groups excluding tert-OH is 1. The number of nitrogens with zero attached hydrogens (tertiary/aromatic N) is 1. The van der Waals surface area contributed by atoms with E-state index in [9.17, 15) is 14.7 Å². The van der Waals surface area contributed by atoms with E-state index in [-0.39, 0.29) is 19.6 Å². The van der Waals surface area contributed by atoms with Crippen LogP contribution in [0.5, 0.6) is 0 Å². The standard InChI is InChI=1S/C14H19NO5/c1-15(12(9-16)8-13(17)19-2)14(18)20-10-11-6-4-3-5-7-11/h3-7,12,16H,8-10H2,1-2H3. The SMILES string of the molecule is COC(=O)CC(CO)N(C)C(=O)OCc1ccccc1. The Labute approximate surface area is 117 Å². The molecular weight excluding hydrogens is 262 g/mol. The van der Waals surface area contributed by atoms with Crippen molar-refractivity contribution in [3.63, 3.8) is 0 Å². The van der Waals surface area contributed by atoms with Crippen LogP contribution in [0.25, 0.3) is 0 Å². The molecule has 0 heterocycles. The van der Waals surface area contributed by atoms with Gasteiger partial charge in [0.05, 0.1) is 26.2 Å². The molecular formula is C14H19NO5. The van der Waals surface area contributed by atoms with Crippen LogP contribution in [0.15, 0.2) is 30.3 Å². The van der Waals surface area contributed by atoms with E-state index in [1.165, 1.54) is 19.1 Å². The Kier molecular flexibility index (Phi) is 6.52. The third-order valence-electron chi connectivity index (χ3n) is 2.88. The third-order valence-corrected chi connectivity index (χ3v) is 2.88. The number of likely N-dealkylation sites (N-methyl/N-ethyl adjacent to an activating group) is 1. The highest BCUT2D eigenvalue weighted by Gasteiger charge is 2.23. The van der Waals surface area contributed by atoms with Crippen molar-refractivity contribution in [3.05, 3.63) is 35.9 Å². The van der Waals surface area contributed by atoms with Gasteiger partial charge in [-0.25, -0.2) is 4.79 Å². The number of benzene rings is 1. The molecule has 0 aromatic heterocycles. The van der Waals surface area contributed by atoms with Crippen molar-refractivity contribution in [1.82, 2.24) is 4.90 Å². The van der Waals surface area contributed by atoms with Gasteiger partial charge < -0.3 is 19.5 Å². The Morgan fingerprint density at radius 1 is 1.30 bits per heavy atom. The lowest BCUT2D eigenvalue weighted by Gasteiger charge is -2.25. The van der Waals surface area contributed by atoms with E-state index in [4.69, 9.17) is 4.74 Å². The Balaban J connectivity index is 2.50. The van der Waals surface area contributed by atoms with Crippen molar-refractivity contribution >= 4 is 12.1 Å². The topological polar surface area (TPSA) is 76.1 Å². The fourth-order valence-corrected chi connectivity index (χ4v) is 1.57. The van der Waals surface area contributed by atoms with Crippen LogP contribution in [-0.4, -0.2) is 48.9 Å². The van der Waals surface area contributed by atoms with Crippen molar-refractivity contribution in [2.24, 2.45) is 0 Å². The van der Waals surface area contributed by atoms with Gasteiger partial charge >= 0.3 is 12.1 Å². The number of esters is 1. The van der Waals surface area contributed by atoms with Crippen LogP contribution in [0.3, 0.4) is 0 Å². The number of rotatable bonds is 6. The lowest BCUT2D eigenvalue weighted by molar-refractivity contribution is -0.142. The Bertz CT molecular complexity index is 434. The first-order valence-corrected chi connectivity index (χ1v) is 6.19. The highest BCUT2D eigenvalue weighted by Crippen LogP contribution is 2.07. The monoisotopic (exact) mass is 281 g/mol. The van der Waals surface area contributed by atoms with Gasteiger partial charge in [0, 0.05) is 7.05 Å². The van der Waals surface area contributed by atoms with E-state index in [1.807, 2.05) is 30.3 Å². The van der Waals surface area contributed by atoms with Crippen LogP contribution in [0.1, 0.15) is 12.0 Å². The van der Waals surface area contributed by atoms with Gasteiger partial charge in [0.2, 0.25) is 0 Å². The van der Waals surface area contributed by atoms with Crippen LogP contribution in [0.4, 0.5) is 4.79 Å². The number of carbonyl (C=O) groups excluding carboxylic acids is 2. The molecule has 20 heavy (non-hydrogen) atoms. The van der Waals surface area contributed by atoms with Crippen LogP contribution < -0.4 is 0 Å². The highest BCUT2D eigenvalue weighted by molar-refractivity contribution is 5.72. The first-order valence-electron chi connectivity index (χ1n) is 6.19. The molecule has 0 spiro atoms. The highest BCUT2D eigenvalue weighted by atomic mass is 16.6. The maximum atomic E-state index is 11.8. The Morgan fingerprint density at radius 3 is 2.50 bits per heavy atom. The van der Waals surface area contributed by atoms with Crippen LogP contribution in [0, 0.1) is 0 Å². The second kappa shape index (κ2) is 8.16. The van der Waals surface area contributed by atoms with Crippen molar-refractivity contribution in [1.29, 1.82) is 0 Å². The number of methoxy groups -OCH3 is 1. The van der Waals surface area contributed by atoms with Gasteiger partial charge in [-0.2, -0.15) is 0 Å². The van der Waals surface area contributed by atoms with E-state index in [2.05, 4.69) is 4.74 Å². The molecule has 110 valence electrons. The number of ether oxygens (including phenoxy) is 2. The molecule has 0 saturated carbocycles. The predicted molar refractivity (Wildman–Crippen MR) is 71.9 cm³/mol. The molecule has 0 radical (unpaired) electrons. The zero-order chi connectivity index (χ0) is 15.0. The molecule has 0 aliphatic heterocycles. The normalized spacial score (nSPS) is 11.6. The number of aliphatic hydroxyl groups is 1. The van der Waals surface area contributed by atoms with Gasteiger partial charge in [0.15, 0.2) is 0 Å². The molecule has 1 rings (SSSR count). The van der Waals surface area contributed by atoms with Gasteiger partial charge in [-0.3, -0.25) is 4.79 Å². The average Bonchev–Trinajstić information content (AvgIpc) is 2.50. The Morgan fingerprint density at radius 2 is 1.95 bits per heavy atom. The molecule has 0 bridgehead atoms. The molecule has 0 fully saturated rings. The van der Waals surface area contributed by atoms with Crippen LogP contribution in [-0.2, 0) is 20.9 Å². The molecule has 1 aromatic carbocycles. The summed E-state index contributed by atoms with van der Waals surface area (Å²) in [5.74, 6) is -0.494. The number of amides is 1. The summed E-state index contributed by atoms with van der Waals surface area (Å²) in [7, 11) is 2.72. The third kappa shape index (κ3) is 4.89. The van der Waals surface area contributed by atoms with E-state index in [1.54, 1.807) is 0 Å². The van der Waals surface area contributed by atoms with E-state index >= 15 is 0 Å². The summed E-state index contributed by atoms with van der Waals surface area (Å²) in [5.41, 5.74) is 0.864. The van der Waals surface area contributed by atoms with Gasteiger partial charge in [-0.1, -0.05) is 30.3 Å². The molecule has 6 nitrogen and oxygen atoms in total. The summed E-state index contributed by atoms with van der Waals surface area (Å²) in [5, 5.41) is 9.22. The zero-order valence-corrected chi connectivity index (χ0v) is 11.6. The van der Waals surface area contributed by atoms with Crippen molar-refractivity contribution in [3.8, 4) is 0 Å². The van der Waals surface area contributed by atoms with Crippen molar-refractivity contribution in [2.75, 3.05) is 20.8 Å². The van der Waals surface area contributed by atoms with E-state index in [0.29, 0.717) is 0 Å². The lowest BCUT2D eigenvalue weighted by atomic mass is 10.2. The second-order valence-corrected chi connectivity index (χ2v) is 4.27. The largest absolute Gasteiger partial charge is 0.469 e. The summed E-state index contributed by atoms with van der Waals surface area (Å²) in [6.07, 6.45) is -0.680. The van der Waals surface area contributed by atoms with Crippen molar-refractivity contribution < 1.29 is 24.2 Å². The lowest BCUT2D eigenvalue weighted by Crippen LogP contribution is -2.41. The molecule has 6 heteroatoms. The maximum absolute atomic E-state index is 11.8. The first kappa shape index (κ1) is 16.0. The number of hydrogen-bond donors (Lipinski definition) is 1. The maximum Gasteiger partial charge on any atom is 0.410 e. The van der Waals surface area contributed by atoms with E-state index in [0.717, 1.165) is 5.56 Å².